The molecule has 4 heteroatoms. The molecule has 1 heterocycles. The van der Waals surface area contributed by atoms with E-state index in [1.807, 2.05) is 7.05 Å². The molecule has 1 N–H and O–H groups in total. The van der Waals surface area contributed by atoms with Gasteiger partial charge >= 0.3 is 0 Å². The van der Waals surface area contributed by atoms with Gasteiger partial charge in [0, 0.05) is 25.8 Å². The Labute approximate surface area is 96.4 Å². The van der Waals surface area contributed by atoms with Gasteiger partial charge in [0.25, 0.3) is 0 Å². The van der Waals surface area contributed by atoms with E-state index in [2.05, 4.69) is 21.8 Å². The number of hydrogen-bond acceptors (Lipinski definition) is 3. The lowest BCUT2D eigenvalue weighted by Gasteiger charge is -2.42. The van der Waals surface area contributed by atoms with Crippen molar-refractivity contribution in [3.05, 3.63) is 11.9 Å². The van der Waals surface area contributed by atoms with Gasteiger partial charge < -0.3 is 5.32 Å². The molecule has 0 radical (unpaired) electrons. The van der Waals surface area contributed by atoms with Gasteiger partial charge in [-0.1, -0.05) is 11.6 Å². The first-order valence-corrected chi connectivity index (χ1v) is 6.34. The topological polar surface area (TPSA) is 42.7 Å². The Kier molecular flexibility index (Phi) is 2.46. The van der Waals surface area contributed by atoms with Gasteiger partial charge in [0.1, 0.15) is 0 Å². The summed E-state index contributed by atoms with van der Waals surface area (Å²) >= 11 is 0. The summed E-state index contributed by atoms with van der Waals surface area (Å²) in [7, 11) is 1.94. The molecule has 2 saturated carbocycles. The Morgan fingerprint density at radius 3 is 2.81 bits per heavy atom. The number of hydrogen-bond donors (Lipinski definition) is 1. The Hall–Kier alpha value is -0.900. The third kappa shape index (κ3) is 2.12. The largest absolute Gasteiger partial charge is 0.313 e. The molecule has 3 rings (SSSR count). The Balaban J connectivity index is 1.60. The average molecular weight is 220 g/mol. The SMILES string of the molecule is Cn1cc(CC2(CNC3CC3)CCC2)nn1. The maximum absolute atomic E-state index is 4.21. The molecule has 0 saturated heterocycles. The van der Waals surface area contributed by atoms with Gasteiger partial charge in [-0.05, 0) is 37.5 Å². The molecule has 1 aromatic rings. The van der Waals surface area contributed by atoms with Gasteiger partial charge in [-0.2, -0.15) is 0 Å². The standard InChI is InChI=1S/C12H20N4/c1-16-8-11(14-15-16)7-12(5-2-6-12)9-13-10-3-4-10/h8,10,13H,2-7,9H2,1H3. The predicted octanol–water partition coefficient (Wildman–Crippen LogP) is 1.28. The maximum Gasteiger partial charge on any atom is 0.0833 e. The zero-order valence-electron chi connectivity index (χ0n) is 9.95. The van der Waals surface area contributed by atoms with Crippen LogP contribution in [0.25, 0.3) is 0 Å². The summed E-state index contributed by atoms with van der Waals surface area (Å²) in [5, 5.41) is 11.9. The molecule has 0 aromatic carbocycles. The van der Waals surface area contributed by atoms with E-state index in [1.165, 1.54) is 38.6 Å². The smallest absolute Gasteiger partial charge is 0.0833 e. The van der Waals surface area contributed by atoms with E-state index in [0.29, 0.717) is 5.41 Å². The van der Waals surface area contributed by atoms with Crippen molar-refractivity contribution in [1.82, 2.24) is 20.3 Å². The van der Waals surface area contributed by atoms with E-state index in [0.717, 1.165) is 18.2 Å². The van der Waals surface area contributed by atoms with Crippen LogP contribution in [-0.2, 0) is 13.5 Å². The van der Waals surface area contributed by atoms with Crippen LogP contribution in [0.1, 0.15) is 37.8 Å². The van der Waals surface area contributed by atoms with E-state index in [4.69, 9.17) is 0 Å². The summed E-state index contributed by atoms with van der Waals surface area (Å²) in [6.07, 6.45) is 9.99. The summed E-state index contributed by atoms with van der Waals surface area (Å²) in [4.78, 5) is 0. The van der Waals surface area contributed by atoms with Crippen molar-refractivity contribution in [1.29, 1.82) is 0 Å². The normalized spacial score (nSPS) is 23.1. The molecule has 0 aliphatic heterocycles. The summed E-state index contributed by atoms with van der Waals surface area (Å²) in [6, 6.07) is 0.819. The van der Waals surface area contributed by atoms with E-state index in [-0.39, 0.29) is 0 Å². The van der Waals surface area contributed by atoms with Crippen LogP contribution >= 0.6 is 0 Å². The molecule has 0 bridgehead atoms. The number of nitrogens with one attached hydrogen (secondary N) is 1. The summed E-state index contributed by atoms with van der Waals surface area (Å²) in [5.74, 6) is 0. The fourth-order valence-electron chi connectivity index (χ4n) is 2.60. The van der Waals surface area contributed by atoms with Gasteiger partial charge in [-0.25, -0.2) is 0 Å². The third-order valence-corrected chi connectivity index (χ3v) is 3.96. The van der Waals surface area contributed by atoms with Crippen LogP contribution in [-0.4, -0.2) is 27.6 Å². The lowest BCUT2D eigenvalue weighted by atomic mass is 9.66. The quantitative estimate of drug-likeness (QED) is 0.813. The molecule has 0 amide bonds. The van der Waals surface area contributed by atoms with Crippen molar-refractivity contribution in [3.8, 4) is 0 Å². The van der Waals surface area contributed by atoms with Crippen molar-refractivity contribution in [2.75, 3.05) is 6.54 Å². The van der Waals surface area contributed by atoms with Gasteiger partial charge in [-0.15, -0.1) is 5.10 Å². The van der Waals surface area contributed by atoms with Crippen LogP contribution in [0.3, 0.4) is 0 Å². The zero-order chi connectivity index (χ0) is 11.0. The van der Waals surface area contributed by atoms with Crippen LogP contribution in [0.15, 0.2) is 6.20 Å². The second-order valence-electron chi connectivity index (χ2n) is 5.57. The fourth-order valence-corrected chi connectivity index (χ4v) is 2.60. The average Bonchev–Trinajstić information content (AvgIpc) is 2.95. The first-order chi connectivity index (χ1) is 7.76. The van der Waals surface area contributed by atoms with Gasteiger partial charge in [0.2, 0.25) is 0 Å². The summed E-state index contributed by atoms with van der Waals surface area (Å²) < 4.78 is 1.80. The number of nitrogens with zero attached hydrogens (tertiary/aromatic N) is 3. The van der Waals surface area contributed by atoms with E-state index >= 15 is 0 Å². The molecule has 0 atom stereocenters. The maximum atomic E-state index is 4.21. The molecule has 0 unspecified atom stereocenters. The molecular formula is C12H20N4. The predicted molar refractivity (Wildman–Crippen MR) is 62.0 cm³/mol. The molecule has 0 spiro atoms. The monoisotopic (exact) mass is 220 g/mol. The molecule has 2 fully saturated rings. The third-order valence-electron chi connectivity index (χ3n) is 3.96. The van der Waals surface area contributed by atoms with Crippen LogP contribution in [0.4, 0.5) is 0 Å². The van der Waals surface area contributed by atoms with Crippen molar-refractivity contribution in [2.24, 2.45) is 12.5 Å². The molecule has 4 nitrogen and oxygen atoms in total. The lowest BCUT2D eigenvalue weighted by Crippen LogP contribution is -2.42. The van der Waals surface area contributed by atoms with Crippen LogP contribution in [0.5, 0.6) is 0 Å². The second kappa shape index (κ2) is 3.84. The Morgan fingerprint density at radius 1 is 1.50 bits per heavy atom. The minimum Gasteiger partial charge on any atom is -0.313 e. The Morgan fingerprint density at radius 2 is 2.31 bits per heavy atom. The number of aryl methyl sites for hydroxylation is 1. The molecule has 88 valence electrons. The van der Waals surface area contributed by atoms with E-state index in [9.17, 15) is 0 Å². The van der Waals surface area contributed by atoms with Crippen LogP contribution < -0.4 is 5.32 Å². The van der Waals surface area contributed by atoms with Crippen molar-refractivity contribution >= 4 is 0 Å². The highest BCUT2D eigenvalue weighted by molar-refractivity contribution is 5.03. The molecule has 16 heavy (non-hydrogen) atoms. The Bertz CT molecular complexity index is 363. The highest BCUT2D eigenvalue weighted by Crippen LogP contribution is 2.43. The van der Waals surface area contributed by atoms with Crippen LogP contribution in [0.2, 0.25) is 0 Å². The molecule has 2 aliphatic rings. The molecule has 1 aromatic heterocycles. The first kappa shape index (κ1) is 10.3. The number of aromatic nitrogens is 3. The fraction of sp³-hybridized carbons (Fsp3) is 0.833. The van der Waals surface area contributed by atoms with Crippen molar-refractivity contribution in [2.45, 2.75) is 44.6 Å². The van der Waals surface area contributed by atoms with Gasteiger partial charge in [0.05, 0.1) is 5.69 Å². The molecular weight excluding hydrogens is 200 g/mol. The first-order valence-electron chi connectivity index (χ1n) is 6.34. The van der Waals surface area contributed by atoms with Gasteiger partial charge in [0.15, 0.2) is 0 Å². The lowest BCUT2D eigenvalue weighted by molar-refractivity contribution is 0.128. The zero-order valence-corrected chi connectivity index (χ0v) is 9.95. The van der Waals surface area contributed by atoms with Crippen molar-refractivity contribution in [3.63, 3.8) is 0 Å². The van der Waals surface area contributed by atoms with Crippen LogP contribution in [0, 0.1) is 5.41 Å². The highest BCUT2D eigenvalue weighted by Gasteiger charge is 2.38. The van der Waals surface area contributed by atoms with Crippen molar-refractivity contribution < 1.29 is 0 Å². The minimum absolute atomic E-state index is 0.485. The second-order valence-corrected chi connectivity index (χ2v) is 5.57. The minimum atomic E-state index is 0.485. The summed E-state index contributed by atoms with van der Waals surface area (Å²) in [5.41, 5.74) is 1.64. The summed E-state index contributed by atoms with van der Waals surface area (Å²) in [6.45, 7) is 1.17. The number of rotatable bonds is 5. The van der Waals surface area contributed by atoms with E-state index < -0.39 is 0 Å². The molecule has 2 aliphatic carbocycles. The van der Waals surface area contributed by atoms with Gasteiger partial charge in [-0.3, -0.25) is 4.68 Å². The highest BCUT2D eigenvalue weighted by atomic mass is 15.4. The van der Waals surface area contributed by atoms with E-state index in [1.54, 1.807) is 4.68 Å².